The standard InChI is InChI=1S/C20H17ClN2O3S/c1-12-16(19(24)26-2)18(23-20(25)22-12)27-17(13-6-4-3-5-7-13)14-8-10-15(21)11-9-14/h3-11,17H,1-2H3,(H,22,23,25). The number of esters is 1. The van der Waals surface area contributed by atoms with E-state index in [4.69, 9.17) is 16.3 Å². The van der Waals surface area contributed by atoms with E-state index in [1.165, 1.54) is 18.9 Å². The van der Waals surface area contributed by atoms with Crippen LogP contribution in [0.15, 0.2) is 64.4 Å². The molecule has 0 bridgehead atoms. The molecule has 0 fully saturated rings. The first kappa shape index (κ1) is 19.2. The number of carbonyl (C=O) groups excluding carboxylic acids is 1. The summed E-state index contributed by atoms with van der Waals surface area (Å²) < 4.78 is 4.87. The van der Waals surface area contributed by atoms with Gasteiger partial charge in [-0.3, -0.25) is 0 Å². The number of aryl methyl sites for hydroxylation is 1. The second kappa shape index (κ2) is 8.41. The second-order valence-electron chi connectivity index (χ2n) is 5.80. The summed E-state index contributed by atoms with van der Waals surface area (Å²) in [5.41, 5.74) is 2.17. The molecule has 27 heavy (non-hydrogen) atoms. The van der Waals surface area contributed by atoms with Crippen LogP contribution in [0.2, 0.25) is 5.02 Å². The molecule has 0 saturated carbocycles. The molecule has 0 aliphatic rings. The van der Waals surface area contributed by atoms with Gasteiger partial charge in [0.2, 0.25) is 0 Å². The molecular weight excluding hydrogens is 384 g/mol. The predicted octanol–water partition coefficient (Wildman–Crippen LogP) is 4.40. The van der Waals surface area contributed by atoms with Crippen LogP contribution in [0.5, 0.6) is 0 Å². The van der Waals surface area contributed by atoms with Crippen LogP contribution in [-0.2, 0) is 4.74 Å². The number of hydrogen-bond donors (Lipinski definition) is 1. The largest absolute Gasteiger partial charge is 0.465 e. The average Bonchev–Trinajstić information content (AvgIpc) is 2.66. The topological polar surface area (TPSA) is 72.0 Å². The molecule has 1 N–H and O–H groups in total. The Morgan fingerprint density at radius 1 is 1.11 bits per heavy atom. The molecule has 1 atom stereocenters. The van der Waals surface area contributed by atoms with E-state index in [1.54, 1.807) is 6.92 Å². The van der Waals surface area contributed by atoms with E-state index in [0.717, 1.165) is 11.1 Å². The molecule has 2 aromatic carbocycles. The molecule has 0 radical (unpaired) electrons. The minimum atomic E-state index is -0.540. The van der Waals surface area contributed by atoms with Crippen molar-refractivity contribution < 1.29 is 9.53 Å². The summed E-state index contributed by atoms with van der Waals surface area (Å²) in [6, 6.07) is 17.3. The zero-order chi connectivity index (χ0) is 19.4. The molecule has 7 heteroatoms. The fraction of sp³-hybridized carbons (Fsp3) is 0.150. The van der Waals surface area contributed by atoms with Gasteiger partial charge in [0.25, 0.3) is 0 Å². The summed E-state index contributed by atoms with van der Waals surface area (Å²) in [7, 11) is 1.30. The third-order valence-corrected chi connectivity index (χ3v) is 5.53. The monoisotopic (exact) mass is 400 g/mol. The smallest absolute Gasteiger partial charge is 0.346 e. The minimum absolute atomic E-state index is 0.180. The summed E-state index contributed by atoms with van der Waals surface area (Å²) in [5, 5.41) is 0.781. The van der Waals surface area contributed by atoms with E-state index in [1.807, 2.05) is 54.6 Å². The van der Waals surface area contributed by atoms with Crippen molar-refractivity contribution in [3.05, 3.63) is 92.5 Å². The lowest BCUT2D eigenvalue weighted by molar-refractivity contribution is 0.0594. The number of aromatic nitrogens is 2. The van der Waals surface area contributed by atoms with E-state index in [-0.39, 0.29) is 10.8 Å². The van der Waals surface area contributed by atoms with Crippen LogP contribution in [0, 0.1) is 6.92 Å². The first-order chi connectivity index (χ1) is 13.0. The van der Waals surface area contributed by atoms with Gasteiger partial charge in [-0.05, 0) is 30.2 Å². The number of rotatable bonds is 5. The molecule has 0 spiro atoms. The lowest BCUT2D eigenvalue weighted by Gasteiger charge is -2.19. The molecule has 0 saturated heterocycles. The van der Waals surface area contributed by atoms with E-state index in [2.05, 4.69) is 9.97 Å². The maximum absolute atomic E-state index is 12.3. The van der Waals surface area contributed by atoms with E-state index in [9.17, 15) is 9.59 Å². The average molecular weight is 401 g/mol. The first-order valence-corrected chi connectivity index (χ1v) is 9.41. The SMILES string of the molecule is COC(=O)c1c(SC(c2ccccc2)c2ccc(Cl)cc2)nc(=O)[nH]c1C. The number of H-pyrrole nitrogens is 1. The maximum atomic E-state index is 12.3. The van der Waals surface area contributed by atoms with Crippen molar-refractivity contribution in [3.8, 4) is 0 Å². The molecule has 3 aromatic rings. The Morgan fingerprint density at radius 2 is 1.74 bits per heavy atom. The van der Waals surface area contributed by atoms with Gasteiger partial charge in [0.15, 0.2) is 0 Å². The summed E-state index contributed by atoms with van der Waals surface area (Å²) in [4.78, 5) is 30.8. The van der Waals surface area contributed by atoms with Gasteiger partial charge < -0.3 is 9.72 Å². The van der Waals surface area contributed by atoms with Crippen LogP contribution >= 0.6 is 23.4 Å². The van der Waals surface area contributed by atoms with Gasteiger partial charge in [0.05, 0.1) is 12.4 Å². The third-order valence-electron chi connectivity index (χ3n) is 3.98. The number of hydrogen-bond acceptors (Lipinski definition) is 5. The van der Waals surface area contributed by atoms with Gasteiger partial charge in [-0.15, -0.1) is 0 Å². The summed E-state index contributed by atoms with van der Waals surface area (Å²) in [6.07, 6.45) is 0. The molecule has 0 aliphatic heterocycles. The molecule has 3 rings (SSSR count). The zero-order valence-corrected chi connectivity index (χ0v) is 16.3. The van der Waals surface area contributed by atoms with Crippen molar-refractivity contribution >= 4 is 29.3 Å². The van der Waals surface area contributed by atoms with Crippen LogP contribution in [0.3, 0.4) is 0 Å². The number of ether oxygens (including phenoxy) is 1. The highest BCUT2D eigenvalue weighted by atomic mass is 35.5. The van der Waals surface area contributed by atoms with Crippen LogP contribution in [-0.4, -0.2) is 23.0 Å². The highest BCUT2D eigenvalue weighted by molar-refractivity contribution is 7.99. The van der Waals surface area contributed by atoms with Crippen molar-refractivity contribution in [3.63, 3.8) is 0 Å². The lowest BCUT2D eigenvalue weighted by Crippen LogP contribution is -2.19. The molecule has 1 aromatic heterocycles. The number of carbonyl (C=O) groups is 1. The Labute approximate surface area is 165 Å². The maximum Gasteiger partial charge on any atom is 0.346 e. The first-order valence-electron chi connectivity index (χ1n) is 8.16. The molecule has 1 heterocycles. The molecule has 138 valence electrons. The fourth-order valence-corrected chi connectivity index (χ4v) is 4.12. The Hall–Kier alpha value is -2.57. The van der Waals surface area contributed by atoms with Crippen LogP contribution in [0.1, 0.15) is 32.4 Å². The Bertz CT molecular complexity index is 1000. The van der Waals surface area contributed by atoms with Crippen molar-refractivity contribution in [2.75, 3.05) is 7.11 Å². The van der Waals surface area contributed by atoms with Crippen LogP contribution in [0.4, 0.5) is 0 Å². The second-order valence-corrected chi connectivity index (χ2v) is 7.33. The van der Waals surface area contributed by atoms with Gasteiger partial charge in [-0.25, -0.2) is 9.59 Å². The summed E-state index contributed by atoms with van der Waals surface area (Å²) in [5.74, 6) is -0.540. The molecule has 0 aliphatic carbocycles. The fourth-order valence-electron chi connectivity index (χ4n) is 2.69. The van der Waals surface area contributed by atoms with Gasteiger partial charge in [0.1, 0.15) is 10.6 Å². The minimum Gasteiger partial charge on any atom is -0.465 e. The van der Waals surface area contributed by atoms with E-state index in [0.29, 0.717) is 15.7 Å². The third kappa shape index (κ3) is 4.40. The zero-order valence-electron chi connectivity index (χ0n) is 14.7. The highest BCUT2D eigenvalue weighted by Gasteiger charge is 2.24. The number of nitrogens with zero attached hydrogens (tertiary/aromatic N) is 1. The number of halogens is 1. The molecule has 1 unspecified atom stereocenters. The van der Waals surface area contributed by atoms with E-state index >= 15 is 0 Å². The number of thioether (sulfide) groups is 1. The van der Waals surface area contributed by atoms with Crippen LogP contribution in [0.25, 0.3) is 0 Å². The van der Waals surface area contributed by atoms with Crippen molar-refractivity contribution in [1.29, 1.82) is 0 Å². The number of methoxy groups -OCH3 is 1. The van der Waals surface area contributed by atoms with Crippen molar-refractivity contribution in [2.45, 2.75) is 17.2 Å². The predicted molar refractivity (Wildman–Crippen MR) is 107 cm³/mol. The molecule has 0 amide bonds. The number of benzene rings is 2. The highest BCUT2D eigenvalue weighted by Crippen LogP contribution is 2.41. The van der Waals surface area contributed by atoms with E-state index < -0.39 is 11.7 Å². The van der Waals surface area contributed by atoms with Crippen LogP contribution < -0.4 is 5.69 Å². The Morgan fingerprint density at radius 3 is 2.37 bits per heavy atom. The Kier molecular flexibility index (Phi) is 5.98. The normalized spacial score (nSPS) is 11.8. The number of nitrogens with one attached hydrogen (secondary N) is 1. The van der Waals surface area contributed by atoms with Gasteiger partial charge in [-0.1, -0.05) is 65.8 Å². The van der Waals surface area contributed by atoms with Crippen molar-refractivity contribution in [2.24, 2.45) is 0 Å². The number of aromatic amines is 1. The summed E-state index contributed by atoms with van der Waals surface area (Å²) >= 11 is 7.35. The van der Waals surface area contributed by atoms with Crippen molar-refractivity contribution in [1.82, 2.24) is 9.97 Å². The molecular formula is C20H17ClN2O3S. The quantitative estimate of drug-likeness (QED) is 0.390. The van der Waals surface area contributed by atoms with Gasteiger partial charge >= 0.3 is 11.7 Å². The molecule has 5 nitrogen and oxygen atoms in total. The van der Waals surface area contributed by atoms with Gasteiger partial charge in [0, 0.05) is 10.7 Å². The Balaban J connectivity index is 2.12. The van der Waals surface area contributed by atoms with Gasteiger partial charge in [-0.2, -0.15) is 4.98 Å². The lowest BCUT2D eigenvalue weighted by atomic mass is 10.0. The summed E-state index contributed by atoms with van der Waals surface area (Å²) in [6.45, 7) is 1.65.